The van der Waals surface area contributed by atoms with Gasteiger partial charge in [-0.3, -0.25) is 4.79 Å². The van der Waals surface area contributed by atoms with Gasteiger partial charge in [0.05, 0.1) is 5.56 Å². The Kier molecular flexibility index (Phi) is 3.00. The lowest BCUT2D eigenvalue weighted by Crippen LogP contribution is -2.17. The SMILES string of the molecule is NC(=O)c1c(N)cc(Br)nc1C(F)F. The van der Waals surface area contributed by atoms with Crippen LogP contribution >= 0.6 is 15.9 Å². The third-order valence-corrected chi connectivity index (χ3v) is 1.91. The summed E-state index contributed by atoms with van der Waals surface area (Å²) < 4.78 is 24.9. The summed E-state index contributed by atoms with van der Waals surface area (Å²) >= 11 is 2.89. The van der Waals surface area contributed by atoms with Crippen LogP contribution in [0, 0.1) is 0 Å². The number of halogens is 3. The van der Waals surface area contributed by atoms with E-state index in [1.54, 1.807) is 0 Å². The van der Waals surface area contributed by atoms with E-state index in [1.165, 1.54) is 6.07 Å². The van der Waals surface area contributed by atoms with E-state index in [-0.39, 0.29) is 10.3 Å². The van der Waals surface area contributed by atoms with E-state index in [9.17, 15) is 13.6 Å². The third kappa shape index (κ3) is 1.98. The molecule has 1 amide bonds. The van der Waals surface area contributed by atoms with Crippen LogP contribution in [-0.2, 0) is 0 Å². The molecule has 0 fully saturated rings. The first-order chi connectivity index (χ1) is 6.43. The fourth-order valence-corrected chi connectivity index (χ4v) is 1.42. The number of carbonyl (C=O) groups is 1. The number of pyridine rings is 1. The minimum Gasteiger partial charge on any atom is -0.398 e. The number of nitrogens with zero attached hydrogens (tertiary/aromatic N) is 1. The van der Waals surface area contributed by atoms with E-state index in [2.05, 4.69) is 20.9 Å². The normalized spacial score (nSPS) is 10.6. The van der Waals surface area contributed by atoms with Crippen LogP contribution in [0.15, 0.2) is 10.7 Å². The Morgan fingerprint density at radius 2 is 2.14 bits per heavy atom. The summed E-state index contributed by atoms with van der Waals surface area (Å²) in [4.78, 5) is 14.3. The number of amides is 1. The maximum absolute atomic E-state index is 12.4. The molecule has 0 aliphatic carbocycles. The van der Waals surface area contributed by atoms with E-state index in [4.69, 9.17) is 11.5 Å². The highest BCUT2D eigenvalue weighted by Crippen LogP contribution is 2.27. The van der Waals surface area contributed by atoms with Crippen molar-refractivity contribution in [3.63, 3.8) is 0 Å². The van der Waals surface area contributed by atoms with Crippen LogP contribution in [0.25, 0.3) is 0 Å². The van der Waals surface area contributed by atoms with Gasteiger partial charge < -0.3 is 11.5 Å². The Morgan fingerprint density at radius 1 is 1.57 bits per heavy atom. The van der Waals surface area contributed by atoms with Gasteiger partial charge in [-0.25, -0.2) is 13.8 Å². The summed E-state index contributed by atoms with van der Waals surface area (Å²) in [6, 6.07) is 1.24. The van der Waals surface area contributed by atoms with Crippen molar-refractivity contribution in [1.82, 2.24) is 4.98 Å². The second-order valence-corrected chi connectivity index (χ2v) is 3.27. The smallest absolute Gasteiger partial charge is 0.281 e. The van der Waals surface area contributed by atoms with Crippen LogP contribution in [-0.4, -0.2) is 10.9 Å². The zero-order valence-corrected chi connectivity index (χ0v) is 8.38. The van der Waals surface area contributed by atoms with Crippen LogP contribution in [0.2, 0.25) is 0 Å². The fourth-order valence-electron chi connectivity index (χ4n) is 0.978. The van der Waals surface area contributed by atoms with Crippen molar-refractivity contribution in [1.29, 1.82) is 0 Å². The summed E-state index contributed by atoms with van der Waals surface area (Å²) in [6.45, 7) is 0. The molecule has 1 heterocycles. The number of hydrogen-bond acceptors (Lipinski definition) is 3. The number of carbonyl (C=O) groups excluding carboxylic acids is 1. The number of alkyl halides is 2. The van der Waals surface area contributed by atoms with Gasteiger partial charge in [-0.15, -0.1) is 0 Å². The maximum Gasteiger partial charge on any atom is 0.281 e. The monoisotopic (exact) mass is 265 g/mol. The number of primary amides is 1. The molecule has 0 saturated heterocycles. The predicted molar refractivity (Wildman–Crippen MR) is 49.8 cm³/mol. The molecule has 0 aliphatic heterocycles. The summed E-state index contributed by atoms with van der Waals surface area (Å²) in [5, 5.41) is 0. The van der Waals surface area contributed by atoms with E-state index in [1.807, 2.05) is 0 Å². The standard InChI is InChI=1S/C7H6BrF2N3O/c8-3-1-2(11)4(7(12)14)5(13-3)6(9)10/h1,6H,(H2,11,13)(H2,12,14). The first kappa shape index (κ1) is 10.8. The number of hydrogen-bond donors (Lipinski definition) is 2. The summed E-state index contributed by atoms with van der Waals surface area (Å²) in [6.07, 6.45) is -2.89. The van der Waals surface area contributed by atoms with Crippen molar-refractivity contribution in [2.75, 3.05) is 5.73 Å². The van der Waals surface area contributed by atoms with Gasteiger partial charge in [-0.05, 0) is 22.0 Å². The molecule has 1 aromatic rings. The molecule has 0 unspecified atom stereocenters. The zero-order valence-electron chi connectivity index (χ0n) is 6.80. The van der Waals surface area contributed by atoms with Crippen molar-refractivity contribution in [3.8, 4) is 0 Å². The van der Waals surface area contributed by atoms with Gasteiger partial charge >= 0.3 is 0 Å². The highest BCUT2D eigenvalue weighted by molar-refractivity contribution is 9.10. The van der Waals surface area contributed by atoms with Gasteiger partial charge in [-0.1, -0.05) is 0 Å². The van der Waals surface area contributed by atoms with Crippen LogP contribution < -0.4 is 11.5 Å². The summed E-state index contributed by atoms with van der Waals surface area (Å²) in [5.41, 5.74) is 9.00. The topological polar surface area (TPSA) is 82.0 Å². The molecule has 0 bridgehead atoms. The Bertz CT molecular complexity index is 383. The average molecular weight is 266 g/mol. The number of aromatic nitrogens is 1. The van der Waals surface area contributed by atoms with E-state index in [0.29, 0.717) is 0 Å². The lowest BCUT2D eigenvalue weighted by Gasteiger charge is -2.08. The first-order valence-corrected chi connectivity index (χ1v) is 4.26. The highest BCUT2D eigenvalue weighted by Gasteiger charge is 2.21. The van der Waals surface area contributed by atoms with Crippen LogP contribution in [0.1, 0.15) is 22.5 Å². The second-order valence-electron chi connectivity index (χ2n) is 2.46. The highest BCUT2D eigenvalue weighted by atomic mass is 79.9. The molecular formula is C7H6BrF2N3O. The molecule has 4 nitrogen and oxygen atoms in total. The van der Waals surface area contributed by atoms with Gasteiger partial charge in [0, 0.05) is 5.69 Å². The second kappa shape index (κ2) is 3.87. The molecule has 7 heteroatoms. The van der Waals surface area contributed by atoms with Crippen molar-refractivity contribution in [3.05, 3.63) is 21.9 Å². The van der Waals surface area contributed by atoms with Crippen LogP contribution in [0.4, 0.5) is 14.5 Å². The minimum atomic E-state index is -2.89. The van der Waals surface area contributed by atoms with Crippen molar-refractivity contribution in [2.45, 2.75) is 6.43 Å². The average Bonchev–Trinajstić information content (AvgIpc) is 2.01. The van der Waals surface area contributed by atoms with Gasteiger partial charge in [-0.2, -0.15) is 0 Å². The molecule has 76 valence electrons. The summed E-state index contributed by atoms with van der Waals surface area (Å²) in [5.74, 6) is -1.02. The lowest BCUT2D eigenvalue weighted by atomic mass is 10.1. The van der Waals surface area contributed by atoms with Gasteiger partial charge in [0.15, 0.2) is 0 Å². The van der Waals surface area contributed by atoms with E-state index >= 15 is 0 Å². The number of rotatable bonds is 2. The Balaban J connectivity index is 3.44. The Labute approximate surface area is 86.4 Å². The summed E-state index contributed by atoms with van der Waals surface area (Å²) in [7, 11) is 0. The van der Waals surface area contributed by atoms with Crippen molar-refractivity contribution >= 4 is 27.5 Å². The molecule has 4 N–H and O–H groups in total. The van der Waals surface area contributed by atoms with Crippen molar-refractivity contribution in [2.24, 2.45) is 5.73 Å². The Morgan fingerprint density at radius 3 is 2.57 bits per heavy atom. The minimum absolute atomic E-state index is 0.116. The number of nitrogens with two attached hydrogens (primary N) is 2. The molecule has 0 spiro atoms. The third-order valence-electron chi connectivity index (χ3n) is 1.50. The van der Waals surface area contributed by atoms with E-state index in [0.717, 1.165) is 0 Å². The van der Waals surface area contributed by atoms with Gasteiger partial charge in [0.25, 0.3) is 12.3 Å². The molecule has 0 saturated carbocycles. The molecule has 0 radical (unpaired) electrons. The Hall–Kier alpha value is -1.24. The van der Waals surface area contributed by atoms with E-state index < -0.39 is 23.6 Å². The molecule has 1 rings (SSSR count). The quantitative estimate of drug-likeness (QED) is 0.795. The zero-order chi connectivity index (χ0) is 10.9. The molecule has 1 aromatic heterocycles. The van der Waals surface area contributed by atoms with Crippen molar-refractivity contribution < 1.29 is 13.6 Å². The van der Waals surface area contributed by atoms with Crippen LogP contribution in [0.3, 0.4) is 0 Å². The van der Waals surface area contributed by atoms with Gasteiger partial charge in [0.1, 0.15) is 10.3 Å². The number of nitrogen functional groups attached to an aromatic ring is 1. The molecule has 0 atom stereocenters. The lowest BCUT2D eigenvalue weighted by molar-refractivity contribution is 0.0984. The molecule has 14 heavy (non-hydrogen) atoms. The molecular weight excluding hydrogens is 260 g/mol. The largest absolute Gasteiger partial charge is 0.398 e. The molecule has 0 aromatic carbocycles. The fraction of sp³-hybridized carbons (Fsp3) is 0.143. The predicted octanol–water partition coefficient (Wildman–Crippen LogP) is 1.46. The number of anilines is 1. The van der Waals surface area contributed by atoms with Crippen LogP contribution in [0.5, 0.6) is 0 Å². The maximum atomic E-state index is 12.4. The first-order valence-electron chi connectivity index (χ1n) is 3.47. The molecule has 0 aliphatic rings. The van der Waals surface area contributed by atoms with Gasteiger partial charge in [0.2, 0.25) is 0 Å².